The smallest absolute Gasteiger partial charge is 0.264 e. The number of nitrogens with zero attached hydrogens (tertiary/aromatic N) is 2. The number of benzene rings is 1. The van der Waals surface area contributed by atoms with Crippen molar-refractivity contribution in [1.29, 1.82) is 0 Å². The van der Waals surface area contributed by atoms with E-state index in [1.54, 1.807) is 23.0 Å². The van der Waals surface area contributed by atoms with Crippen LogP contribution in [0.5, 0.6) is 0 Å². The van der Waals surface area contributed by atoms with Gasteiger partial charge >= 0.3 is 0 Å². The first-order valence-electron chi connectivity index (χ1n) is 6.15. The predicted molar refractivity (Wildman–Crippen MR) is 83.0 cm³/mol. The molecule has 20 heavy (non-hydrogen) atoms. The van der Waals surface area contributed by atoms with Crippen LogP contribution in [-0.2, 0) is 0 Å². The van der Waals surface area contributed by atoms with Crippen LogP contribution in [0.3, 0.4) is 0 Å². The van der Waals surface area contributed by atoms with Crippen LogP contribution in [0.15, 0.2) is 76.3 Å². The van der Waals surface area contributed by atoms with E-state index in [9.17, 15) is 4.79 Å². The highest BCUT2D eigenvalue weighted by molar-refractivity contribution is 9.10. The van der Waals surface area contributed by atoms with Crippen molar-refractivity contribution in [2.24, 2.45) is 0 Å². The maximum absolute atomic E-state index is 12.6. The molecule has 0 amide bonds. The van der Waals surface area contributed by atoms with Crippen molar-refractivity contribution in [2.45, 2.75) is 0 Å². The van der Waals surface area contributed by atoms with Gasteiger partial charge in [0, 0.05) is 22.6 Å². The molecule has 2 aromatic heterocycles. The average Bonchev–Trinajstić information content (AvgIpc) is 2.51. The molecule has 4 heteroatoms. The van der Waals surface area contributed by atoms with Gasteiger partial charge in [0.25, 0.3) is 5.56 Å². The summed E-state index contributed by atoms with van der Waals surface area (Å²) in [5, 5.41) is 0. The Morgan fingerprint density at radius 1 is 1.00 bits per heavy atom. The van der Waals surface area contributed by atoms with Crippen molar-refractivity contribution >= 4 is 15.9 Å². The Balaban J connectivity index is 2.25. The van der Waals surface area contributed by atoms with E-state index in [-0.39, 0.29) is 5.56 Å². The van der Waals surface area contributed by atoms with Gasteiger partial charge in [0.2, 0.25) is 0 Å². The number of hydrogen-bond donors (Lipinski definition) is 0. The van der Waals surface area contributed by atoms with E-state index in [2.05, 4.69) is 20.9 Å². The van der Waals surface area contributed by atoms with Crippen LogP contribution in [0.1, 0.15) is 0 Å². The molecule has 0 radical (unpaired) electrons. The van der Waals surface area contributed by atoms with Crippen molar-refractivity contribution < 1.29 is 0 Å². The normalized spacial score (nSPS) is 10.4. The Bertz CT molecular complexity index is 719. The van der Waals surface area contributed by atoms with E-state index in [0.717, 1.165) is 10.2 Å². The van der Waals surface area contributed by atoms with E-state index in [4.69, 9.17) is 0 Å². The van der Waals surface area contributed by atoms with Gasteiger partial charge in [-0.1, -0.05) is 24.3 Å². The number of aromatic nitrogens is 2. The number of rotatable bonds is 2. The molecule has 0 saturated carbocycles. The molecule has 2 heterocycles. The molecule has 3 aromatic rings. The van der Waals surface area contributed by atoms with Crippen LogP contribution in [-0.4, -0.2) is 9.55 Å². The van der Waals surface area contributed by atoms with Crippen molar-refractivity contribution in [1.82, 2.24) is 9.55 Å². The quantitative estimate of drug-likeness (QED) is 0.720. The second-order valence-corrected chi connectivity index (χ2v) is 5.21. The Hall–Kier alpha value is -2.20. The Kier molecular flexibility index (Phi) is 3.48. The lowest BCUT2D eigenvalue weighted by molar-refractivity contribution is 0.984. The fourth-order valence-electron chi connectivity index (χ4n) is 2.03. The Morgan fingerprint density at radius 2 is 1.75 bits per heavy atom. The summed E-state index contributed by atoms with van der Waals surface area (Å²) in [4.78, 5) is 16.9. The monoisotopic (exact) mass is 326 g/mol. The van der Waals surface area contributed by atoms with Crippen molar-refractivity contribution in [3.8, 4) is 16.9 Å². The zero-order chi connectivity index (χ0) is 13.9. The lowest BCUT2D eigenvalue weighted by Crippen LogP contribution is -2.19. The molecule has 0 unspecified atom stereocenters. The minimum Gasteiger partial charge on any atom is -0.283 e. The van der Waals surface area contributed by atoms with Crippen molar-refractivity contribution in [3.63, 3.8) is 0 Å². The second kappa shape index (κ2) is 5.43. The van der Waals surface area contributed by atoms with Crippen LogP contribution in [0.25, 0.3) is 16.9 Å². The van der Waals surface area contributed by atoms with Crippen molar-refractivity contribution in [2.75, 3.05) is 0 Å². The zero-order valence-corrected chi connectivity index (χ0v) is 12.1. The van der Waals surface area contributed by atoms with Gasteiger partial charge in [0.15, 0.2) is 0 Å². The van der Waals surface area contributed by atoms with Crippen LogP contribution in [0, 0.1) is 0 Å². The molecule has 0 fully saturated rings. The molecule has 0 atom stereocenters. The standard InChI is InChI=1S/C16H11BrN2O/c17-12-10-14(15-8-4-5-9-18-15)16(20)19(11-12)13-6-2-1-3-7-13/h1-11H. The van der Waals surface area contributed by atoms with Gasteiger partial charge in [-0.25, -0.2) is 0 Å². The molecule has 0 aliphatic carbocycles. The van der Waals surface area contributed by atoms with E-state index in [0.29, 0.717) is 11.3 Å². The first-order valence-corrected chi connectivity index (χ1v) is 6.94. The molecule has 0 N–H and O–H groups in total. The Labute approximate surface area is 124 Å². The van der Waals surface area contributed by atoms with Crippen molar-refractivity contribution in [3.05, 3.63) is 81.8 Å². The lowest BCUT2D eigenvalue weighted by atomic mass is 10.2. The number of pyridine rings is 2. The van der Waals surface area contributed by atoms with Crippen LogP contribution >= 0.6 is 15.9 Å². The SMILES string of the molecule is O=c1c(-c2ccccn2)cc(Br)cn1-c1ccccc1. The van der Waals surface area contributed by atoms with Gasteiger partial charge in [-0.3, -0.25) is 14.3 Å². The molecule has 3 rings (SSSR count). The second-order valence-electron chi connectivity index (χ2n) is 4.30. The summed E-state index contributed by atoms with van der Waals surface area (Å²) in [5.74, 6) is 0. The van der Waals surface area contributed by atoms with Gasteiger partial charge in [-0.15, -0.1) is 0 Å². The third kappa shape index (κ3) is 2.42. The van der Waals surface area contributed by atoms with E-state index in [1.165, 1.54) is 0 Å². The summed E-state index contributed by atoms with van der Waals surface area (Å²) in [6, 6.07) is 16.9. The molecule has 0 aliphatic heterocycles. The molecule has 0 aliphatic rings. The summed E-state index contributed by atoms with van der Waals surface area (Å²) < 4.78 is 2.45. The van der Waals surface area contributed by atoms with E-state index in [1.807, 2.05) is 48.5 Å². The summed E-state index contributed by atoms with van der Waals surface area (Å²) in [6.45, 7) is 0. The van der Waals surface area contributed by atoms with Crippen LogP contribution < -0.4 is 5.56 Å². The van der Waals surface area contributed by atoms with Gasteiger partial charge in [0.1, 0.15) is 0 Å². The van der Waals surface area contributed by atoms with Crippen LogP contribution in [0.2, 0.25) is 0 Å². The Morgan fingerprint density at radius 3 is 2.45 bits per heavy atom. The first-order chi connectivity index (χ1) is 9.75. The largest absolute Gasteiger partial charge is 0.283 e. The van der Waals surface area contributed by atoms with E-state index < -0.39 is 0 Å². The number of halogens is 1. The highest BCUT2D eigenvalue weighted by Gasteiger charge is 2.10. The van der Waals surface area contributed by atoms with Gasteiger partial charge < -0.3 is 0 Å². The molecule has 0 spiro atoms. The van der Waals surface area contributed by atoms with Gasteiger partial charge in [-0.2, -0.15) is 0 Å². The third-order valence-electron chi connectivity index (χ3n) is 2.96. The molecular formula is C16H11BrN2O. The first kappa shape index (κ1) is 12.8. The topological polar surface area (TPSA) is 34.9 Å². The molecule has 1 aromatic carbocycles. The highest BCUT2D eigenvalue weighted by atomic mass is 79.9. The fraction of sp³-hybridized carbons (Fsp3) is 0. The predicted octanol–water partition coefficient (Wildman–Crippen LogP) is 3.66. The summed E-state index contributed by atoms with van der Waals surface area (Å²) in [6.07, 6.45) is 3.45. The number of hydrogen-bond acceptors (Lipinski definition) is 2. The van der Waals surface area contributed by atoms with E-state index >= 15 is 0 Å². The van der Waals surface area contributed by atoms with Crippen LogP contribution in [0.4, 0.5) is 0 Å². The molecule has 0 saturated heterocycles. The highest BCUT2D eigenvalue weighted by Crippen LogP contribution is 2.19. The maximum Gasteiger partial charge on any atom is 0.264 e. The molecule has 0 bridgehead atoms. The fourth-order valence-corrected chi connectivity index (χ4v) is 2.47. The summed E-state index contributed by atoms with van der Waals surface area (Å²) >= 11 is 3.45. The zero-order valence-electron chi connectivity index (χ0n) is 10.5. The lowest BCUT2D eigenvalue weighted by Gasteiger charge is -2.09. The summed E-state index contributed by atoms with van der Waals surface area (Å²) in [7, 11) is 0. The molecular weight excluding hydrogens is 316 g/mol. The minimum atomic E-state index is -0.0851. The minimum absolute atomic E-state index is 0.0851. The molecule has 98 valence electrons. The van der Waals surface area contributed by atoms with Gasteiger partial charge in [-0.05, 0) is 46.3 Å². The summed E-state index contributed by atoms with van der Waals surface area (Å²) in [5.41, 5.74) is 1.99. The van der Waals surface area contributed by atoms with Gasteiger partial charge in [0.05, 0.1) is 11.3 Å². The number of para-hydroxylation sites is 1. The maximum atomic E-state index is 12.6. The average molecular weight is 327 g/mol. The molecule has 3 nitrogen and oxygen atoms in total. The third-order valence-corrected chi connectivity index (χ3v) is 3.39.